The Bertz CT molecular complexity index is 410. The van der Waals surface area contributed by atoms with Gasteiger partial charge in [-0.25, -0.2) is 0 Å². The molecular weight excluding hydrogens is 224 g/mol. The molecule has 0 radical (unpaired) electrons. The molecule has 16 heavy (non-hydrogen) atoms. The Morgan fingerprint density at radius 3 is 2.75 bits per heavy atom. The molecule has 1 aromatic rings. The van der Waals surface area contributed by atoms with E-state index >= 15 is 0 Å². The fraction of sp³-hybridized carbons (Fsp3) is 0.455. The third-order valence-corrected chi connectivity index (χ3v) is 3.32. The highest BCUT2D eigenvalue weighted by Crippen LogP contribution is 2.18. The molecule has 1 saturated carbocycles. The van der Waals surface area contributed by atoms with Crippen LogP contribution >= 0.6 is 11.3 Å². The number of carbonyl (C=O) groups is 2. The van der Waals surface area contributed by atoms with Crippen LogP contribution in [-0.2, 0) is 4.79 Å². The van der Waals surface area contributed by atoms with Crippen LogP contribution in [0.1, 0.15) is 27.4 Å². The van der Waals surface area contributed by atoms with E-state index in [0.29, 0.717) is 10.9 Å². The van der Waals surface area contributed by atoms with E-state index < -0.39 is 0 Å². The van der Waals surface area contributed by atoms with Crippen molar-refractivity contribution in [3.05, 3.63) is 21.9 Å². The number of aryl methyl sites for hydroxylation is 1. The number of nitrogens with one attached hydrogen (secondary N) is 2. The van der Waals surface area contributed by atoms with Crippen LogP contribution < -0.4 is 10.6 Å². The SMILES string of the molecule is Cc1ccc(C(=O)NCC(=O)NC2CC2)s1. The molecule has 0 bridgehead atoms. The predicted molar refractivity (Wildman–Crippen MR) is 62.6 cm³/mol. The molecule has 1 fully saturated rings. The first-order chi connectivity index (χ1) is 7.65. The molecule has 1 heterocycles. The van der Waals surface area contributed by atoms with E-state index in [9.17, 15) is 9.59 Å². The van der Waals surface area contributed by atoms with Crippen LogP contribution in [0, 0.1) is 6.92 Å². The average molecular weight is 238 g/mol. The summed E-state index contributed by atoms with van der Waals surface area (Å²) in [4.78, 5) is 24.6. The third-order valence-electron chi connectivity index (χ3n) is 2.32. The van der Waals surface area contributed by atoms with Gasteiger partial charge in [-0.3, -0.25) is 9.59 Å². The minimum absolute atomic E-state index is 0.0618. The number of carbonyl (C=O) groups excluding carboxylic acids is 2. The lowest BCUT2D eigenvalue weighted by Gasteiger charge is -2.04. The predicted octanol–water partition coefficient (Wildman–Crippen LogP) is 1.06. The second kappa shape index (κ2) is 4.65. The molecule has 2 amide bonds. The van der Waals surface area contributed by atoms with Crippen LogP contribution in [0.15, 0.2) is 12.1 Å². The molecule has 0 unspecified atom stereocenters. The Kier molecular flexibility index (Phi) is 3.24. The molecule has 1 aromatic heterocycles. The maximum atomic E-state index is 11.6. The molecule has 1 aliphatic rings. The van der Waals surface area contributed by atoms with Crippen LogP contribution in [0.4, 0.5) is 0 Å². The van der Waals surface area contributed by atoms with E-state index in [2.05, 4.69) is 10.6 Å². The molecular formula is C11H14N2O2S. The van der Waals surface area contributed by atoms with E-state index in [0.717, 1.165) is 17.7 Å². The number of rotatable bonds is 4. The first-order valence-corrected chi connectivity index (χ1v) is 6.11. The van der Waals surface area contributed by atoms with Gasteiger partial charge in [0.15, 0.2) is 0 Å². The van der Waals surface area contributed by atoms with Gasteiger partial charge in [0.25, 0.3) is 5.91 Å². The van der Waals surface area contributed by atoms with Gasteiger partial charge in [0.05, 0.1) is 11.4 Å². The third kappa shape index (κ3) is 3.06. The van der Waals surface area contributed by atoms with E-state index in [1.165, 1.54) is 11.3 Å². The van der Waals surface area contributed by atoms with E-state index in [4.69, 9.17) is 0 Å². The smallest absolute Gasteiger partial charge is 0.261 e. The summed E-state index contributed by atoms with van der Waals surface area (Å²) in [5.41, 5.74) is 0. The second-order valence-electron chi connectivity index (χ2n) is 3.93. The molecule has 0 saturated heterocycles. The van der Waals surface area contributed by atoms with Gasteiger partial charge in [0.2, 0.25) is 5.91 Å². The fourth-order valence-electron chi connectivity index (χ4n) is 1.31. The number of amides is 2. The van der Waals surface area contributed by atoms with Gasteiger partial charge < -0.3 is 10.6 Å². The number of hydrogen-bond acceptors (Lipinski definition) is 3. The Balaban J connectivity index is 1.76. The van der Waals surface area contributed by atoms with Crippen molar-refractivity contribution >= 4 is 23.2 Å². The molecule has 2 rings (SSSR count). The van der Waals surface area contributed by atoms with Gasteiger partial charge in [-0.1, -0.05) is 0 Å². The average Bonchev–Trinajstić information content (AvgIpc) is 2.95. The summed E-state index contributed by atoms with van der Waals surface area (Å²) in [7, 11) is 0. The molecule has 1 aliphatic carbocycles. The molecule has 2 N–H and O–H groups in total. The topological polar surface area (TPSA) is 58.2 Å². The molecule has 0 spiro atoms. The van der Waals surface area contributed by atoms with Crippen molar-refractivity contribution in [3.63, 3.8) is 0 Å². The number of thiophene rings is 1. The standard InChI is InChI=1S/C11H14N2O2S/c1-7-2-5-9(16-7)11(15)12-6-10(14)13-8-3-4-8/h2,5,8H,3-4,6H2,1H3,(H,12,15)(H,13,14). The van der Waals surface area contributed by atoms with Gasteiger partial charge in [-0.2, -0.15) is 0 Å². The zero-order valence-corrected chi connectivity index (χ0v) is 9.89. The summed E-state index contributed by atoms with van der Waals surface area (Å²) in [6.45, 7) is 2.01. The lowest BCUT2D eigenvalue weighted by Crippen LogP contribution is -2.37. The van der Waals surface area contributed by atoms with Crippen LogP contribution in [0.2, 0.25) is 0 Å². The van der Waals surface area contributed by atoms with Crippen LogP contribution in [0.25, 0.3) is 0 Å². The maximum Gasteiger partial charge on any atom is 0.261 e. The Morgan fingerprint density at radius 1 is 1.44 bits per heavy atom. The molecule has 4 nitrogen and oxygen atoms in total. The van der Waals surface area contributed by atoms with Crippen molar-refractivity contribution < 1.29 is 9.59 Å². The fourth-order valence-corrected chi connectivity index (χ4v) is 2.09. The van der Waals surface area contributed by atoms with Gasteiger partial charge in [-0.15, -0.1) is 11.3 Å². The summed E-state index contributed by atoms with van der Waals surface area (Å²) < 4.78 is 0. The lowest BCUT2D eigenvalue weighted by molar-refractivity contribution is -0.120. The van der Waals surface area contributed by atoms with Crippen molar-refractivity contribution in [3.8, 4) is 0 Å². The Labute approximate surface area is 98.0 Å². The zero-order valence-electron chi connectivity index (χ0n) is 9.08. The van der Waals surface area contributed by atoms with Crippen molar-refractivity contribution in [2.75, 3.05) is 6.54 Å². The Hall–Kier alpha value is -1.36. The summed E-state index contributed by atoms with van der Waals surface area (Å²) in [5, 5.41) is 5.42. The Morgan fingerprint density at radius 2 is 2.19 bits per heavy atom. The van der Waals surface area contributed by atoms with E-state index in [1.54, 1.807) is 6.07 Å². The number of hydrogen-bond donors (Lipinski definition) is 2. The zero-order chi connectivity index (χ0) is 11.5. The molecule has 0 aliphatic heterocycles. The van der Waals surface area contributed by atoms with Crippen molar-refractivity contribution in [2.45, 2.75) is 25.8 Å². The molecule has 0 aromatic carbocycles. The van der Waals surface area contributed by atoms with E-state index in [-0.39, 0.29) is 18.4 Å². The first kappa shape index (κ1) is 11.1. The van der Waals surface area contributed by atoms with Crippen LogP contribution in [-0.4, -0.2) is 24.4 Å². The second-order valence-corrected chi connectivity index (χ2v) is 5.22. The summed E-state index contributed by atoms with van der Waals surface area (Å²) >= 11 is 1.43. The van der Waals surface area contributed by atoms with Gasteiger partial charge >= 0.3 is 0 Å². The highest BCUT2D eigenvalue weighted by atomic mass is 32.1. The van der Waals surface area contributed by atoms with Crippen molar-refractivity contribution in [1.82, 2.24) is 10.6 Å². The largest absolute Gasteiger partial charge is 0.352 e. The quantitative estimate of drug-likeness (QED) is 0.824. The molecule has 86 valence electrons. The van der Waals surface area contributed by atoms with Gasteiger partial charge in [0, 0.05) is 10.9 Å². The summed E-state index contributed by atoms with van der Waals surface area (Å²) in [6.07, 6.45) is 2.12. The first-order valence-electron chi connectivity index (χ1n) is 5.29. The lowest BCUT2D eigenvalue weighted by atomic mass is 10.4. The maximum absolute atomic E-state index is 11.6. The minimum atomic E-state index is -0.177. The van der Waals surface area contributed by atoms with E-state index in [1.807, 2.05) is 13.0 Å². The summed E-state index contributed by atoms with van der Waals surface area (Å²) in [6, 6.07) is 4.01. The highest BCUT2D eigenvalue weighted by molar-refractivity contribution is 7.13. The highest BCUT2D eigenvalue weighted by Gasteiger charge is 2.23. The normalized spacial score (nSPS) is 14.6. The van der Waals surface area contributed by atoms with Crippen LogP contribution in [0.5, 0.6) is 0 Å². The minimum Gasteiger partial charge on any atom is -0.352 e. The van der Waals surface area contributed by atoms with Gasteiger partial charge in [0.1, 0.15) is 0 Å². The van der Waals surface area contributed by atoms with Gasteiger partial charge in [-0.05, 0) is 31.9 Å². The monoisotopic (exact) mass is 238 g/mol. The van der Waals surface area contributed by atoms with Crippen LogP contribution in [0.3, 0.4) is 0 Å². The summed E-state index contributed by atoms with van der Waals surface area (Å²) in [5.74, 6) is -0.284. The molecule has 0 atom stereocenters. The van der Waals surface area contributed by atoms with Crippen molar-refractivity contribution in [1.29, 1.82) is 0 Å². The van der Waals surface area contributed by atoms with Crippen molar-refractivity contribution in [2.24, 2.45) is 0 Å². The molecule has 5 heteroatoms.